The molecule has 1 N–H and O–H groups in total. The van der Waals surface area contributed by atoms with Crippen LogP contribution in [0.3, 0.4) is 0 Å². The van der Waals surface area contributed by atoms with Gasteiger partial charge in [-0.05, 0) is 25.9 Å². The summed E-state index contributed by atoms with van der Waals surface area (Å²) >= 11 is 1.64. The number of fused-ring (bicyclic) bond motifs is 1. The molecule has 0 aliphatic carbocycles. The summed E-state index contributed by atoms with van der Waals surface area (Å²) in [5, 5.41) is 5.63. The molecule has 0 radical (unpaired) electrons. The van der Waals surface area contributed by atoms with Gasteiger partial charge < -0.3 is 10.1 Å². The molecule has 110 valence electrons. The highest BCUT2D eigenvalue weighted by Crippen LogP contribution is 2.23. The van der Waals surface area contributed by atoms with Gasteiger partial charge in [-0.25, -0.2) is 0 Å². The summed E-state index contributed by atoms with van der Waals surface area (Å²) in [5.74, 6) is 0.739. The molecule has 0 spiro atoms. The van der Waals surface area contributed by atoms with Crippen LogP contribution in [-0.2, 0) is 6.54 Å². The molecule has 2 aromatic rings. The van der Waals surface area contributed by atoms with Gasteiger partial charge in [0.15, 0.2) is 4.96 Å². The number of methoxy groups -OCH3 is 1. The van der Waals surface area contributed by atoms with Crippen molar-refractivity contribution in [3.63, 3.8) is 0 Å². The topological polar surface area (TPSA) is 41.8 Å². The molecule has 0 bridgehead atoms. The molecule has 20 heavy (non-hydrogen) atoms. The Kier molecular flexibility index (Phi) is 4.24. The summed E-state index contributed by atoms with van der Waals surface area (Å²) in [6, 6.07) is 0.678. The SMILES string of the molecule is CCN1CCCC1CNCc1c(OC)nc2sccn12. The van der Waals surface area contributed by atoms with Gasteiger partial charge >= 0.3 is 0 Å². The van der Waals surface area contributed by atoms with Gasteiger partial charge in [-0.1, -0.05) is 6.92 Å². The number of hydrogen-bond donors (Lipinski definition) is 1. The zero-order chi connectivity index (χ0) is 13.9. The van der Waals surface area contributed by atoms with Crippen molar-refractivity contribution in [3.05, 3.63) is 17.3 Å². The first-order valence-electron chi connectivity index (χ1n) is 7.26. The molecular weight excluding hydrogens is 272 g/mol. The molecule has 1 unspecified atom stereocenters. The van der Waals surface area contributed by atoms with Crippen molar-refractivity contribution < 1.29 is 4.74 Å². The van der Waals surface area contributed by atoms with Gasteiger partial charge in [-0.15, -0.1) is 11.3 Å². The lowest BCUT2D eigenvalue weighted by atomic mass is 10.2. The predicted molar refractivity (Wildman–Crippen MR) is 81.6 cm³/mol. The number of aromatic nitrogens is 2. The van der Waals surface area contributed by atoms with E-state index in [1.54, 1.807) is 18.4 Å². The average Bonchev–Trinajstić information content (AvgIpc) is 3.14. The summed E-state index contributed by atoms with van der Waals surface area (Å²) in [6.07, 6.45) is 4.68. The molecule has 2 aromatic heterocycles. The molecule has 1 aliphatic heterocycles. The number of ether oxygens (including phenoxy) is 1. The van der Waals surface area contributed by atoms with Crippen LogP contribution in [-0.4, -0.2) is 47.1 Å². The van der Waals surface area contributed by atoms with E-state index in [2.05, 4.69) is 38.1 Å². The van der Waals surface area contributed by atoms with Crippen LogP contribution in [0, 0.1) is 0 Å². The van der Waals surface area contributed by atoms with Crippen molar-refractivity contribution in [3.8, 4) is 5.88 Å². The fourth-order valence-corrected chi connectivity index (χ4v) is 3.76. The third-order valence-corrected chi connectivity index (χ3v) is 4.85. The second-order valence-corrected chi connectivity index (χ2v) is 6.05. The van der Waals surface area contributed by atoms with E-state index < -0.39 is 0 Å². The largest absolute Gasteiger partial charge is 0.480 e. The van der Waals surface area contributed by atoms with Crippen molar-refractivity contribution in [2.45, 2.75) is 32.4 Å². The fraction of sp³-hybridized carbons (Fsp3) is 0.643. The van der Waals surface area contributed by atoms with E-state index >= 15 is 0 Å². The van der Waals surface area contributed by atoms with Crippen LogP contribution in [0.4, 0.5) is 0 Å². The minimum atomic E-state index is 0.678. The second kappa shape index (κ2) is 6.11. The quantitative estimate of drug-likeness (QED) is 0.884. The van der Waals surface area contributed by atoms with Crippen LogP contribution >= 0.6 is 11.3 Å². The first-order valence-corrected chi connectivity index (χ1v) is 8.14. The van der Waals surface area contributed by atoms with Crippen molar-refractivity contribution in [2.24, 2.45) is 0 Å². The second-order valence-electron chi connectivity index (χ2n) is 5.18. The zero-order valence-corrected chi connectivity index (χ0v) is 12.9. The zero-order valence-electron chi connectivity index (χ0n) is 12.1. The Bertz CT molecular complexity index is 565. The lowest BCUT2D eigenvalue weighted by Gasteiger charge is -2.22. The molecule has 0 amide bonds. The van der Waals surface area contributed by atoms with Gasteiger partial charge in [0.25, 0.3) is 0 Å². The van der Waals surface area contributed by atoms with Crippen molar-refractivity contribution in [1.29, 1.82) is 0 Å². The number of hydrogen-bond acceptors (Lipinski definition) is 5. The Balaban J connectivity index is 1.63. The number of imidazole rings is 1. The first-order chi connectivity index (χ1) is 9.83. The summed E-state index contributed by atoms with van der Waals surface area (Å²) in [6.45, 7) is 6.47. The van der Waals surface area contributed by atoms with Crippen LogP contribution in [0.15, 0.2) is 11.6 Å². The van der Waals surface area contributed by atoms with Crippen LogP contribution in [0.25, 0.3) is 4.96 Å². The smallest absolute Gasteiger partial charge is 0.237 e. The van der Waals surface area contributed by atoms with E-state index in [1.165, 1.54) is 19.4 Å². The lowest BCUT2D eigenvalue weighted by molar-refractivity contribution is 0.259. The van der Waals surface area contributed by atoms with Crippen LogP contribution in [0.2, 0.25) is 0 Å². The molecule has 6 heteroatoms. The Labute approximate surface area is 123 Å². The molecular formula is C14H22N4OS. The standard InChI is InChI=1S/C14H22N4OS/c1-3-17-6-4-5-11(17)9-15-10-12-13(19-2)16-14-18(12)7-8-20-14/h7-8,11,15H,3-6,9-10H2,1-2H3. The molecule has 3 rings (SSSR count). The molecule has 3 heterocycles. The third-order valence-electron chi connectivity index (χ3n) is 4.10. The molecule has 5 nitrogen and oxygen atoms in total. The predicted octanol–water partition coefficient (Wildman–Crippen LogP) is 1.98. The van der Waals surface area contributed by atoms with E-state index in [0.29, 0.717) is 6.04 Å². The maximum absolute atomic E-state index is 5.38. The minimum Gasteiger partial charge on any atom is -0.480 e. The van der Waals surface area contributed by atoms with E-state index in [-0.39, 0.29) is 0 Å². The van der Waals surface area contributed by atoms with Gasteiger partial charge in [0, 0.05) is 30.7 Å². The van der Waals surface area contributed by atoms with E-state index in [9.17, 15) is 0 Å². The van der Waals surface area contributed by atoms with Gasteiger partial charge in [-0.2, -0.15) is 4.98 Å². The summed E-state index contributed by atoms with van der Waals surface area (Å²) in [5.41, 5.74) is 1.12. The maximum atomic E-state index is 5.38. The monoisotopic (exact) mass is 294 g/mol. The van der Waals surface area contributed by atoms with Gasteiger partial charge in [-0.3, -0.25) is 9.30 Å². The van der Waals surface area contributed by atoms with Gasteiger partial charge in [0.05, 0.1) is 7.11 Å². The molecule has 0 aromatic carbocycles. The molecule has 1 saturated heterocycles. The normalized spacial score (nSPS) is 20.0. The van der Waals surface area contributed by atoms with Crippen LogP contribution in [0.1, 0.15) is 25.5 Å². The summed E-state index contributed by atoms with van der Waals surface area (Å²) in [4.78, 5) is 8.03. The third kappa shape index (κ3) is 2.55. The Morgan fingerprint density at radius 2 is 2.45 bits per heavy atom. The van der Waals surface area contributed by atoms with E-state index in [4.69, 9.17) is 4.74 Å². The van der Waals surface area contributed by atoms with Crippen LogP contribution in [0.5, 0.6) is 5.88 Å². The fourth-order valence-electron chi connectivity index (χ4n) is 3.04. The number of rotatable bonds is 6. The summed E-state index contributed by atoms with van der Waals surface area (Å²) < 4.78 is 7.49. The Morgan fingerprint density at radius 3 is 3.25 bits per heavy atom. The van der Waals surface area contributed by atoms with Crippen LogP contribution < -0.4 is 10.1 Å². The molecule has 1 aliphatic rings. The number of nitrogens with zero attached hydrogens (tertiary/aromatic N) is 3. The first kappa shape index (κ1) is 13.9. The van der Waals surface area contributed by atoms with E-state index in [0.717, 1.165) is 36.2 Å². The highest BCUT2D eigenvalue weighted by Gasteiger charge is 2.22. The molecule has 0 saturated carbocycles. The number of likely N-dealkylation sites (N-methyl/N-ethyl adjacent to an activating group) is 1. The molecule has 1 atom stereocenters. The van der Waals surface area contributed by atoms with Crippen molar-refractivity contribution in [1.82, 2.24) is 19.6 Å². The Hall–Kier alpha value is -1.11. The highest BCUT2D eigenvalue weighted by atomic mass is 32.1. The van der Waals surface area contributed by atoms with Crippen molar-refractivity contribution in [2.75, 3.05) is 26.7 Å². The highest BCUT2D eigenvalue weighted by molar-refractivity contribution is 7.15. The number of nitrogens with one attached hydrogen (secondary N) is 1. The maximum Gasteiger partial charge on any atom is 0.237 e. The number of thiazole rings is 1. The Morgan fingerprint density at radius 1 is 1.55 bits per heavy atom. The minimum absolute atomic E-state index is 0.678. The van der Waals surface area contributed by atoms with E-state index in [1.807, 2.05) is 0 Å². The lowest BCUT2D eigenvalue weighted by Crippen LogP contribution is -2.37. The number of likely N-dealkylation sites (tertiary alicyclic amines) is 1. The average molecular weight is 294 g/mol. The van der Waals surface area contributed by atoms with Gasteiger partial charge in [0.1, 0.15) is 5.69 Å². The molecule has 1 fully saturated rings. The summed E-state index contributed by atoms with van der Waals surface area (Å²) in [7, 11) is 1.69. The van der Waals surface area contributed by atoms with Crippen molar-refractivity contribution >= 4 is 16.3 Å². The van der Waals surface area contributed by atoms with Gasteiger partial charge in [0.2, 0.25) is 5.88 Å².